The fourth-order valence-corrected chi connectivity index (χ4v) is 6.26. The van der Waals surface area contributed by atoms with Gasteiger partial charge in [0, 0.05) is 12.8 Å². The molecule has 11 nitrogen and oxygen atoms in total. The van der Waals surface area contributed by atoms with Gasteiger partial charge in [-0.2, -0.15) is 0 Å². The number of nitrogens with two attached hydrogens (primary N) is 1. The first-order valence-electron chi connectivity index (χ1n) is 19.6. The summed E-state index contributed by atoms with van der Waals surface area (Å²) < 4.78 is 32.5. The number of phosphoric acid groups is 1. The molecule has 12 heteroatoms. The van der Waals surface area contributed by atoms with Gasteiger partial charge >= 0.3 is 25.7 Å². The summed E-state index contributed by atoms with van der Waals surface area (Å²) in [6, 6.07) is -1.51. The van der Waals surface area contributed by atoms with Gasteiger partial charge in [-0.1, -0.05) is 162 Å². The van der Waals surface area contributed by atoms with Crippen molar-refractivity contribution < 1.29 is 47.5 Å². The van der Waals surface area contributed by atoms with E-state index in [9.17, 15) is 23.8 Å². The summed E-state index contributed by atoms with van der Waals surface area (Å²) in [6.07, 6.45) is 29.0. The Hall–Kier alpha value is -1.52. The number of hydrogen-bond acceptors (Lipinski definition) is 9. The largest absolute Gasteiger partial charge is 0.480 e. The van der Waals surface area contributed by atoms with Crippen LogP contribution < -0.4 is 5.73 Å². The van der Waals surface area contributed by atoms with E-state index in [4.69, 9.17) is 24.8 Å². The minimum atomic E-state index is -4.70. The molecule has 49 heavy (non-hydrogen) atoms. The van der Waals surface area contributed by atoms with Crippen LogP contribution in [-0.4, -0.2) is 59.9 Å². The minimum absolute atomic E-state index is 0.167. The van der Waals surface area contributed by atoms with Gasteiger partial charge in [-0.25, -0.2) is 4.57 Å². The Morgan fingerprint density at radius 3 is 1.29 bits per heavy atom. The van der Waals surface area contributed by atoms with Gasteiger partial charge in [-0.3, -0.25) is 23.4 Å². The summed E-state index contributed by atoms with van der Waals surface area (Å²) in [5.74, 6) is -2.37. The first-order chi connectivity index (χ1) is 23.6. The van der Waals surface area contributed by atoms with E-state index in [1.54, 1.807) is 0 Å². The Labute approximate surface area is 297 Å². The third-order valence-corrected chi connectivity index (χ3v) is 9.56. The predicted octanol–water partition coefficient (Wildman–Crippen LogP) is 9.56. The molecule has 0 saturated heterocycles. The molecular formula is C37H72NO10P. The zero-order chi connectivity index (χ0) is 36.4. The summed E-state index contributed by atoms with van der Waals surface area (Å²) >= 11 is 0. The third kappa shape index (κ3) is 33.4. The average Bonchev–Trinajstić information content (AvgIpc) is 3.07. The quantitative estimate of drug-likeness (QED) is 0.0317. The Kier molecular flexibility index (Phi) is 32.6. The van der Waals surface area contributed by atoms with E-state index in [0.29, 0.717) is 12.8 Å². The molecule has 0 aliphatic carbocycles. The van der Waals surface area contributed by atoms with Gasteiger partial charge in [0.15, 0.2) is 6.10 Å². The number of rotatable bonds is 37. The van der Waals surface area contributed by atoms with E-state index in [0.717, 1.165) is 38.5 Å². The molecule has 0 radical (unpaired) electrons. The molecule has 0 aromatic rings. The Bertz CT molecular complexity index is 859. The van der Waals surface area contributed by atoms with Gasteiger partial charge in [0.25, 0.3) is 0 Å². The smallest absolute Gasteiger partial charge is 0.472 e. The van der Waals surface area contributed by atoms with Crippen molar-refractivity contribution in [3.05, 3.63) is 0 Å². The van der Waals surface area contributed by atoms with Crippen molar-refractivity contribution in [2.45, 2.75) is 199 Å². The maximum absolute atomic E-state index is 12.5. The second-order valence-electron chi connectivity index (χ2n) is 13.4. The molecule has 0 aliphatic heterocycles. The van der Waals surface area contributed by atoms with Crippen molar-refractivity contribution in [3.63, 3.8) is 0 Å². The van der Waals surface area contributed by atoms with Crippen LogP contribution in [0.25, 0.3) is 0 Å². The topological polar surface area (TPSA) is 172 Å². The van der Waals surface area contributed by atoms with Crippen LogP contribution >= 0.6 is 7.82 Å². The fraction of sp³-hybridized carbons (Fsp3) is 0.919. The third-order valence-electron chi connectivity index (χ3n) is 8.61. The zero-order valence-corrected chi connectivity index (χ0v) is 31.9. The van der Waals surface area contributed by atoms with E-state index < -0.39 is 51.1 Å². The highest BCUT2D eigenvalue weighted by atomic mass is 31.2. The van der Waals surface area contributed by atoms with Gasteiger partial charge in [-0.15, -0.1) is 0 Å². The number of carbonyl (C=O) groups is 3. The predicted molar refractivity (Wildman–Crippen MR) is 194 cm³/mol. The molecule has 3 atom stereocenters. The van der Waals surface area contributed by atoms with Crippen molar-refractivity contribution in [1.29, 1.82) is 0 Å². The van der Waals surface area contributed by atoms with E-state index in [-0.39, 0.29) is 19.4 Å². The molecule has 0 aliphatic rings. The Balaban J connectivity index is 4.32. The normalized spacial score (nSPS) is 13.9. The highest BCUT2D eigenvalue weighted by molar-refractivity contribution is 7.47. The summed E-state index contributed by atoms with van der Waals surface area (Å²) in [5, 5.41) is 8.85. The van der Waals surface area contributed by atoms with Crippen LogP contribution in [0.15, 0.2) is 0 Å². The maximum Gasteiger partial charge on any atom is 0.472 e. The van der Waals surface area contributed by atoms with E-state index in [2.05, 4.69) is 18.4 Å². The molecule has 0 amide bonds. The molecule has 0 aromatic heterocycles. The van der Waals surface area contributed by atoms with Crippen molar-refractivity contribution in [1.82, 2.24) is 0 Å². The molecule has 0 bridgehead atoms. The fourth-order valence-electron chi connectivity index (χ4n) is 5.48. The van der Waals surface area contributed by atoms with E-state index in [1.807, 2.05) is 0 Å². The second-order valence-corrected chi connectivity index (χ2v) is 14.9. The van der Waals surface area contributed by atoms with Crippen molar-refractivity contribution >= 4 is 25.7 Å². The van der Waals surface area contributed by atoms with Crippen LogP contribution in [0.4, 0.5) is 0 Å². The maximum atomic E-state index is 12.5. The highest BCUT2D eigenvalue weighted by Crippen LogP contribution is 2.43. The molecule has 290 valence electrons. The summed E-state index contributed by atoms with van der Waals surface area (Å²) in [6.45, 7) is 2.78. The molecule has 1 unspecified atom stereocenters. The van der Waals surface area contributed by atoms with Crippen molar-refractivity contribution in [3.8, 4) is 0 Å². The lowest BCUT2D eigenvalue weighted by molar-refractivity contribution is -0.161. The standard InChI is InChI=1S/C37H72NO10P/c1-3-5-7-9-11-13-14-15-16-17-18-19-21-22-24-26-28-35(39)45-30-33(31-46-49(43,44)47-32-34(38)37(41)42)48-36(40)29-27-25-23-20-12-10-8-6-4-2/h33-34H,3-32,38H2,1-2H3,(H,41,42)(H,43,44)/t33-,34+/m1/s1. The second kappa shape index (κ2) is 33.6. The number of carboxylic acid groups (broad SMARTS) is 1. The lowest BCUT2D eigenvalue weighted by atomic mass is 10.0. The van der Waals surface area contributed by atoms with Gasteiger partial charge in [0.2, 0.25) is 0 Å². The lowest BCUT2D eigenvalue weighted by Crippen LogP contribution is -2.34. The van der Waals surface area contributed by atoms with Crippen LogP contribution in [0.3, 0.4) is 0 Å². The Morgan fingerprint density at radius 1 is 0.551 bits per heavy atom. The minimum Gasteiger partial charge on any atom is -0.480 e. The van der Waals surface area contributed by atoms with Crippen molar-refractivity contribution in [2.75, 3.05) is 19.8 Å². The van der Waals surface area contributed by atoms with Crippen LogP contribution in [0.1, 0.15) is 187 Å². The highest BCUT2D eigenvalue weighted by Gasteiger charge is 2.28. The number of carbonyl (C=O) groups excluding carboxylic acids is 2. The van der Waals surface area contributed by atoms with Crippen molar-refractivity contribution in [2.24, 2.45) is 5.73 Å². The molecule has 0 rings (SSSR count). The van der Waals surface area contributed by atoms with Gasteiger partial charge < -0.3 is 25.2 Å². The van der Waals surface area contributed by atoms with E-state index >= 15 is 0 Å². The van der Waals surface area contributed by atoms with Crippen LogP contribution in [-0.2, 0) is 37.5 Å². The molecule has 0 heterocycles. The van der Waals surface area contributed by atoms with Gasteiger partial charge in [0.1, 0.15) is 12.6 Å². The number of carboxylic acids is 1. The average molecular weight is 722 g/mol. The van der Waals surface area contributed by atoms with Crippen LogP contribution in [0, 0.1) is 0 Å². The van der Waals surface area contributed by atoms with Gasteiger partial charge in [0.05, 0.1) is 13.2 Å². The monoisotopic (exact) mass is 721 g/mol. The number of ether oxygens (including phenoxy) is 2. The summed E-state index contributed by atoms with van der Waals surface area (Å²) in [5.41, 5.74) is 5.31. The van der Waals surface area contributed by atoms with Crippen LogP contribution in [0.2, 0.25) is 0 Å². The van der Waals surface area contributed by atoms with E-state index in [1.165, 1.54) is 109 Å². The van der Waals surface area contributed by atoms with Gasteiger partial charge in [-0.05, 0) is 12.8 Å². The first-order valence-corrected chi connectivity index (χ1v) is 21.1. The number of phosphoric ester groups is 1. The number of esters is 2. The summed E-state index contributed by atoms with van der Waals surface area (Å²) in [4.78, 5) is 45.6. The SMILES string of the molecule is CCCCCCCCCCCCCCCCCCC(=O)OC[C@H](COP(=O)(O)OC[C@H](N)C(=O)O)OC(=O)CCCCCCCCCCC. The zero-order valence-electron chi connectivity index (χ0n) is 31.1. The molecular weight excluding hydrogens is 649 g/mol. The lowest BCUT2D eigenvalue weighted by Gasteiger charge is -2.20. The first kappa shape index (κ1) is 47.5. The molecule has 0 spiro atoms. The summed E-state index contributed by atoms with van der Waals surface area (Å²) in [7, 11) is -4.70. The molecule has 4 N–H and O–H groups in total. The molecule has 0 fully saturated rings. The van der Waals surface area contributed by atoms with Crippen LogP contribution in [0.5, 0.6) is 0 Å². The number of aliphatic carboxylic acids is 1. The molecule has 0 saturated carbocycles. The number of unbranched alkanes of at least 4 members (excludes halogenated alkanes) is 23. The Morgan fingerprint density at radius 2 is 0.898 bits per heavy atom. The molecule has 0 aromatic carbocycles. The number of hydrogen-bond donors (Lipinski definition) is 3.